The Morgan fingerprint density at radius 3 is 2.59 bits per heavy atom. The average molecular weight is 442 g/mol. The number of fused-ring (bicyclic) bond motifs is 1. The molecule has 0 saturated heterocycles. The lowest BCUT2D eigenvalue weighted by atomic mass is 10.1. The Morgan fingerprint density at radius 2 is 1.94 bits per heavy atom. The number of halogens is 3. The summed E-state index contributed by atoms with van der Waals surface area (Å²) in [6, 6.07) is 10.3. The molecule has 0 unspecified atom stereocenters. The third-order valence-corrected chi connectivity index (χ3v) is 5.14. The molecule has 4 rings (SSSR count). The number of hydrogen-bond donors (Lipinski definition) is 0. The van der Waals surface area contributed by atoms with E-state index in [1.54, 1.807) is 29.1 Å². The van der Waals surface area contributed by atoms with Gasteiger partial charge in [0.15, 0.2) is 11.4 Å². The van der Waals surface area contributed by atoms with Gasteiger partial charge in [0.05, 0.1) is 29.0 Å². The van der Waals surface area contributed by atoms with E-state index in [9.17, 15) is 18.0 Å². The van der Waals surface area contributed by atoms with Crippen LogP contribution in [0.4, 0.5) is 13.2 Å². The second kappa shape index (κ2) is 8.14. The number of benzene rings is 1. The average Bonchev–Trinajstić information content (AvgIpc) is 3.42. The van der Waals surface area contributed by atoms with Crippen LogP contribution in [0.25, 0.3) is 22.5 Å². The molecule has 0 spiro atoms. The fourth-order valence-electron chi connectivity index (χ4n) is 3.59. The van der Waals surface area contributed by atoms with E-state index in [0.29, 0.717) is 28.1 Å². The normalized spacial score (nSPS) is 12.0. The van der Waals surface area contributed by atoms with E-state index in [1.165, 1.54) is 36.4 Å². The molecule has 6 nitrogen and oxygen atoms in total. The van der Waals surface area contributed by atoms with Gasteiger partial charge >= 0.3 is 6.18 Å². The molecule has 0 atom stereocenters. The van der Waals surface area contributed by atoms with Gasteiger partial charge in [-0.15, -0.1) is 0 Å². The number of pyridine rings is 1. The molecule has 32 heavy (non-hydrogen) atoms. The minimum Gasteiger partial charge on any atom is -0.463 e. The van der Waals surface area contributed by atoms with E-state index in [2.05, 4.69) is 10.1 Å². The van der Waals surface area contributed by atoms with Crippen LogP contribution in [0.1, 0.15) is 41.4 Å². The number of alkyl halides is 3. The Labute approximate surface area is 182 Å². The van der Waals surface area contributed by atoms with Crippen LogP contribution >= 0.6 is 0 Å². The summed E-state index contributed by atoms with van der Waals surface area (Å²) in [6.45, 7) is 3.68. The SMILES string of the molecule is CC(C)n1ncc2c(C(=O)N(C)Cc3ccccc3C(F)(F)F)cc(-c3ccco3)nc21. The van der Waals surface area contributed by atoms with E-state index < -0.39 is 17.6 Å². The molecule has 4 aromatic rings. The van der Waals surface area contributed by atoms with E-state index in [4.69, 9.17) is 4.42 Å². The van der Waals surface area contributed by atoms with E-state index >= 15 is 0 Å². The zero-order valence-electron chi connectivity index (χ0n) is 17.7. The van der Waals surface area contributed by atoms with Gasteiger partial charge in [-0.05, 0) is 43.7 Å². The predicted octanol–water partition coefficient (Wildman–Crippen LogP) is 5.56. The molecule has 0 saturated carbocycles. The Kier molecular flexibility index (Phi) is 5.50. The van der Waals surface area contributed by atoms with Gasteiger partial charge in [-0.3, -0.25) is 4.79 Å². The van der Waals surface area contributed by atoms with Crippen molar-refractivity contribution >= 4 is 16.9 Å². The molecule has 3 aromatic heterocycles. The summed E-state index contributed by atoms with van der Waals surface area (Å²) >= 11 is 0. The minimum atomic E-state index is -4.50. The highest BCUT2D eigenvalue weighted by atomic mass is 19.4. The fraction of sp³-hybridized carbons (Fsp3) is 0.261. The summed E-state index contributed by atoms with van der Waals surface area (Å²) in [5, 5.41) is 4.88. The summed E-state index contributed by atoms with van der Waals surface area (Å²) in [5.41, 5.74) is 0.493. The maximum Gasteiger partial charge on any atom is 0.416 e. The number of hydrogen-bond acceptors (Lipinski definition) is 4. The molecule has 0 bridgehead atoms. The quantitative estimate of drug-likeness (QED) is 0.406. The molecular formula is C23H21F3N4O2. The maximum absolute atomic E-state index is 13.4. The molecular weight excluding hydrogens is 421 g/mol. The summed E-state index contributed by atoms with van der Waals surface area (Å²) < 4.78 is 47.3. The van der Waals surface area contributed by atoms with E-state index in [1.807, 2.05) is 13.8 Å². The smallest absolute Gasteiger partial charge is 0.416 e. The van der Waals surface area contributed by atoms with Crippen LogP contribution in [0.2, 0.25) is 0 Å². The first-order valence-corrected chi connectivity index (χ1v) is 9.99. The van der Waals surface area contributed by atoms with Crippen molar-refractivity contribution in [1.29, 1.82) is 0 Å². The van der Waals surface area contributed by atoms with Gasteiger partial charge in [-0.25, -0.2) is 9.67 Å². The van der Waals surface area contributed by atoms with Gasteiger partial charge in [0.25, 0.3) is 5.91 Å². The van der Waals surface area contributed by atoms with Gasteiger partial charge in [-0.2, -0.15) is 18.3 Å². The standard InChI is InChI=1S/C23H21F3N4O2/c1-14(2)30-21-17(12-27-30)16(11-19(28-21)20-9-6-10-32-20)22(31)29(3)13-15-7-4-5-8-18(15)23(24,25)26/h4-12,14H,13H2,1-3H3. The van der Waals surface area contributed by atoms with Gasteiger partial charge in [0, 0.05) is 19.6 Å². The molecule has 0 aliphatic rings. The van der Waals surface area contributed by atoms with Crippen LogP contribution in [0.5, 0.6) is 0 Å². The zero-order chi connectivity index (χ0) is 23.0. The molecule has 0 radical (unpaired) electrons. The van der Waals surface area contributed by atoms with Gasteiger partial charge in [-0.1, -0.05) is 18.2 Å². The highest BCUT2D eigenvalue weighted by Gasteiger charge is 2.33. The second-order valence-electron chi connectivity index (χ2n) is 7.77. The van der Waals surface area contributed by atoms with Crippen LogP contribution in [0, 0.1) is 0 Å². The minimum absolute atomic E-state index is 0.00815. The molecule has 0 aliphatic heterocycles. The first-order valence-electron chi connectivity index (χ1n) is 9.99. The lowest BCUT2D eigenvalue weighted by molar-refractivity contribution is -0.138. The van der Waals surface area contributed by atoms with Crippen LogP contribution < -0.4 is 0 Å². The van der Waals surface area contributed by atoms with Crippen molar-refractivity contribution in [3.63, 3.8) is 0 Å². The van der Waals surface area contributed by atoms with Gasteiger partial charge < -0.3 is 9.32 Å². The third-order valence-electron chi connectivity index (χ3n) is 5.14. The molecule has 0 aliphatic carbocycles. The lowest BCUT2D eigenvalue weighted by Crippen LogP contribution is -2.27. The zero-order valence-corrected chi connectivity index (χ0v) is 17.7. The van der Waals surface area contributed by atoms with Crippen molar-refractivity contribution in [2.45, 2.75) is 32.6 Å². The Morgan fingerprint density at radius 1 is 1.19 bits per heavy atom. The number of carbonyl (C=O) groups excluding carboxylic acids is 1. The van der Waals surface area contributed by atoms with Crippen LogP contribution in [0.3, 0.4) is 0 Å². The van der Waals surface area contributed by atoms with Gasteiger partial charge in [0.1, 0.15) is 5.69 Å². The van der Waals surface area contributed by atoms with E-state index in [0.717, 1.165) is 6.07 Å². The number of amides is 1. The molecule has 166 valence electrons. The Bertz CT molecular complexity index is 1260. The topological polar surface area (TPSA) is 64.2 Å². The largest absolute Gasteiger partial charge is 0.463 e. The summed E-state index contributed by atoms with van der Waals surface area (Å²) in [4.78, 5) is 19.3. The molecule has 1 aromatic carbocycles. The first-order chi connectivity index (χ1) is 15.2. The molecule has 3 heterocycles. The number of nitrogens with zero attached hydrogens (tertiary/aromatic N) is 4. The van der Waals surface area contributed by atoms with Crippen LogP contribution in [0.15, 0.2) is 59.3 Å². The lowest BCUT2D eigenvalue weighted by Gasteiger charge is -2.21. The molecule has 1 amide bonds. The number of aromatic nitrogens is 3. The van der Waals surface area contributed by atoms with E-state index in [-0.39, 0.29) is 18.2 Å². The fourth-order valence-corrected chi connectivity index (χ4v) is 3.59. The Balaban J connectivity index is 1.77. The van der Waals surface area contributed by atoms with Crippen LogP contribution in [-0.4, -0.2) is 32.6 Å². The van der Waals surface area contributed by atoms with Crippen molar-refractivity contribution in [2.24, 2.45) is 0 Å². The highest BCUT2D eigenvalue weighted by molar-refractivity contribution is 6.06. The summed E-state index contributed by atoms with van der Waals surface area (Å²) in [6.07, 6.45) is -1.45. The first kappa shape index (κ1) is 21.6. The maximum atomic E-state index is 13.4. The van der Waals surface area contributed by atoms with Crippen molar-refractivity contribution in [1.82, 2.24) is 19.7 Å². The predicted molar refractivity (Wildman–Crippen MR) is 113 cm³/mol. The summed E-state index contributed by atoms with van der Waals surface area (Å²) in [7, 11) is 1.47. The van der Waals surface area contributed by atoms with Gasteiger partial charge in [0.2, 0.25) is 0 Å². The number of rotatable bonds is 5. The van der Waals surface area contributed by atoms with Crippen molar-refractivity contribution in [3.8, 4) is 11.5 Å². The number of furan rings is 1. The third kappa shape index (κ3) is 3.98. The monoisotopic (exact) mass is 442 g/mol. The van der Waals surface area contributed by atoms with Crippen molar-refractivity contribution in [2.75, 3.05) is 7.05 Å². The second-order valence-corrected chi connectivity index (χ2v) is 7.77. The van der Waals surface area contributed by atoms with Crippen molar-refractivity contribution < 1.29 is 22.4 Å². The highest BCUT2D eigenvalue weighted by Crippen LogP contribution is 2.33. The van der Waals surface area contributed by atoms with Crippen LogP contribution in [-0.2, 0) is 12.7 Å². The number of carbonyl (C=O) groups is 1. The van der Waals surface area contributed by atoms with Crippen molar-refractivity contribution in [3.05, 3.63) is 71.6 Å². The molecule has 0 N–H and O–H groups in total. The Hall–Kier alpha value is -3.62. The molecule has 9 heteroatoms. The molecule has 0 fully saturated rings. The summed E-state index contributed by atoms with van der Waals surface area (Å²) in [5.74, 6) is 0.0352.